The van der Waals surface area contributed by atoms with Gasteiger partial charge in [-0.3, -0.25) is 0 Å². The van der Waals surface area contributed by atoms with E-state index in [0.717, 1.165) is 78.1 Å². The van der Waals surface area contributed by atoms with Gasteiger partial charge in [0.15, 0.2) is 0 Å². The van der Waals surface area contributed by atoms with Gasteiger partial charge in [-0.05, 0) is 22.3 Å². The molecule has 0 unspecified atom stereocenters. The van der Waals surface area contributed by atoms with Crippen LogP contribution in [-0.2, 0) is 0 Å². The highest BCUT2D eigenvalue weighted by molar-refractivity contribution is 6.19. The Kier molecular flexibility index (Phi) is 3.36. The van der Waals surface area contributed by atoms with E-state index in [1.54, 1.807) is 0 Å². The van der Waals surface area contributed by atoms with Gasteiger partial charge < -0.3 is 0 Å². The molecule has 0 bridgehead atoms. The van der Waals surface area contributed by atoms with Gasteiger partial charge in [-0.15, -0.1) is 20.4 Å². The molecule has 0 N–H and O–H groups in total. The van der Waals surface area contributed by atoms with Gasteiger partial charge in [0, 0.05) is 33.0 Å². The zero-order chi connectivity index (χ0) is 22.2. The maximum absolute atomic E-state index is 4.85. The lowest BCUT2D eigenvalue weighted by Gasteiger charge is -2.13. The molecule has 4 nitrogen and oxygen atoms in total. The molecule has 0 fully saturated rings. The van der Waals surface area contributed by atoms with Crippen molar-refractivity contribution in [1.29, 1.82) is 0 Å². The summed E-state index contributed by atoms with van der Waals surface area (Å²) in [6.45, 7) is 0. The quantitative estimate of drug-likeness (QED) is 0.258. The molecule has 34 heavy (non-hydrogen) atoms. The molecule has 4 heteroatoms. The van der Waals surface area contributed by atoms with E-state index in [1.807, 2.05) is 0 Å². The first-order valence-corrected chi connectivity index (χ1v) is 11.4. The van der Waals surface area contributed by atoms with Crippen LogP contribution in [0.1, 0.15) is 0 Å². The molecular weight excluding hydrogens is 416 g/mol. The molecule has 2 aliphatic carbocycles. The molecule has 0 aliphatic heterocycles. The van der Waals surface area contributed by atoms with Crippen molar-refractivity contribution in [3.05, 3.63) is 97.1 Å². The SMILES string of the molecule is c1ccc2c(c1)-c1ccccc1-c1nnc3c4c(nnc-2c14)-c1ccccc1-c1ccccc1-3. The summed E-state index contributed by atoms with van der Waals surface area (Å²) in [6, 6.07) is 33.7. The Balaban J connectivity index is 1.65. The van der Waals surface area contributed by atoms with Crippen LogP contribution in [0.2, 0.25) is 0 Å². The van der Waals surface area contributed by atoms with Gasteiger partial charge in [-0.25, -0.2) is 0 Å². The van der Waals surface area contributed by atoms with Gasteiger partial charge in [0.05, 0.1) is 0 Å². The third-order valence-electron chi connectivity index (χ3n) is 7.01. The Morgan fingerprint density at radius 1 is 0.265 bits per heavy atom. The van der Waals surface area contributed by atoms with E-state index in [-0.39, 0.29) is 0 Å². The normalized spacial score (nSPS) is 12.1. The van der Waals surface area contributed by atoms with Crippen LogP contribution >= 0.6 is 0 Å². The molecule has 6 aromatic rings. The van der Waals surface area contributed by atoms with Crippen molar-refractivity contribution >= 4 is 10.8 Å². The van der Waals surface area contributed by atoms with Gasteiger partial charge in [-0.2, -0.15) is 0 Å². The van der Waals surface area contributed by atoms with E-state index in [4.69, 9.17) is 20.4 Å². The van der Waals surface area contributed by atoms with Crippen LogP contribution in [0.4, 0.5) is 0 Å². The third kappa shape index (κ3) is 2.17. The molecule has 0 atom stereocenters. The summed E-state index contributed by atoms with van der Waals surface area (Å²) < 4.78 is 0. The molecule has 0 saturated heterocycles. The topological polar surface area (TPSA) is 51.6 Å². The minimum atomic E-state index is 0.855. The van der Waals surface area contributed by atoms with Crippen LogP contribution in [0.3, 0.4) is 0 Å². The van der Waals surface area contributed by atoms with Crippen molar-refractivity contribution in [3.63, 3.8) is 0 Å². The van der Waals surface area contributed by atoms with E-state index in [0.29, 0.717) is 0 Å². The number of fused-ring (bicyclic) bond motifs is 10. The standard InChI is InChI=1S/C30H16N4/c1-5-13-21-17(9-1)18-10-2-6-14-22(18)28-25-26-29(33-31-27(21)25)23-15-7-3-11-19(23)20-12-4-8-16-24(20)30(26)34-32-28/h1-16H. The number of hydrogen-bond acceptors (Lipinski definition) is 4. The molecule has 2 aliphatic rings. The highest BCUT2D eigenvalue weighted by Gasteiger charge is 2.30. The summed E-state index contributed by atoms with van der Waals surface area (Å²) in [4.78, 5) is 0. The van der Waals surface area contributed by atoms with Gasteiger partial charge in [0.1, 0.15) is 22.8 Å². The Hall–Kier alpha value is -4.70. The van der Waals surface area contributed by atoms with E-state index in [1.165, 1.54) is 0 Å². The van der Waals surface area contributed by atoms with E-state index in [2.05, 4.69) is 97.1 Å². The molecule has 0 amide bonds. The predicted molar refractivity (Wildman–Crippen MR) is 135 cm³/mol. The second-order valence-corrected chi connectivity index (χ2v) is 8.73. The Labute approximate surface area is 195 Å². The van der Waals surface area contributed by atoms with Crippen molar-refractivity contribution in [3.8, 4) is 67.3 Å². The summed E-state index contributed by atoms with van der Waals surface area (Å²) in [5.74, 6) is 0. The third-order valence-corrected chi connectivity index (χ3v) is 7.01. The van der Waals surface area contributed by atoms with Gasteiger partial charge >= 0.3 is 0 Å². The highest BCUT2D eigenvalue weighted by Crippen LogP contribution is 2.51. The molecule has 0 saturated carbocycles. The lowest BCUT2D eigenvalue weighted by molar-refractivity contribution is 1.04. The fourth-order valence-corrected chi connectivity index (χ4v) is 5.55. The van der Waals surface area contributed by atoms with Crippen molar-refractivity contribution < 1.29 is 0 Å². The van der Waals surface area contributed by atoms with Crippen LogP contribution in [0.5, 0.6) is 0 Å². The fraction of sp³-hybridized carbons (Fsp3) is 0. The Morgan fingerprint density at radius 3 is 0.706 bits per heavy atom. The summed E-state index contributed by atoms with van der Waals surface area (Å²) in [6.07, 6.45) is 0. The first-order chi connectivity index (χ1) is 16.9. The first kappa shape index (κ1) is 17.8. The molecule has 156 valence electrons. The van der Waals surface area contributed by atoms with Crippen LogP contribution in [0, 0.1) is 0 Å². The van der Waals surface area contributed by atoms with Gasteiger partial charge in [0.25, 0.3) is 0 Å². The summed E-state index contributed by atoms with van der Waals surface area (Å²) in [5.41, 5.74) is 12.2. The van der Waals surface area contributed by atoms with Crippen LogP contribution in [0.15, 0.2) is 97.1 Å². The maximum Gasteiger partial charge on any atom is 0.104 e. The molecule has 8 rings (SSSR count). The predicted octanol–water partition coefficient (Wildman–Crippen LogP) is 7.05. The second kappa shape index (κ2) is 6.42. The zero-order valence-corrected chi connectivity index (χ0v) is 18.0. The highest BCUT2D eigenvalue weighted by atomic mass is 15.1. The fourth-order valence-electron chi connectivity index (χ4n) is 5.55. The molecule has 0 radical (unpaired) electrons. The first-order valence-electron chi connectivity index (χ1n) is 11.4. The molecular formula is C30H16N4. The van der Waals surface area contributed by atoms with Crippen LogP contribution in [0.25, 0.3) is 78.1 Å². The van der Waals surface area contributed by atoms with Crippen molar-refractivity contribution in [2.45, 2.75) is 0 Å². The molecule has 2 aromatic heterocycles. The summed E-state index contributed by atoms with van der Waals surface area (Å²) in [7, 11) is 0. The van der Waals surface area contributed by atoms with Gasteiger partial charge in [-0.1, -0.05) is 97.1 Å². The lowest BCUT2D eigenvalue weighted by atomic mass is 9.96. The largest absolute Gasteiger partial charge is 0.149 e. The molecule has 2 heterocycles. The maximum atomic E-state index is 4.85. The Morgan fingerprint density at radius 2 is 0.471 bits per heavy atom. The number of nitrogens with zero attached hydrogens (tertiary/aromatic N) is 4. The van der Waals surface area contributed by atoms with E-state index >= 15 is 0 Å². The minimum Gasteiger partial charge on any atom is -0.149 e. The van der Waals surface area contributed by atoms with Crippen LogP contribution < -0.4 is 0 Å². The van der Waals surface area contributed by atoms with E-state index < -0.39 is 0 Å². The molecule has 0 spiro atoms. The minimum absolute atomic E-state index is 0.855. The molecule has 4 aromatic carbocycles. The van der Waals surface area contributed by atoms with Gasteiger partial charge in [0.2, 0.25) is 0 Å². The zero-order valence-electron chi connectivity index (χ0n) is 18.0. The Bertz CT molecular complexity index is 1560. The number of benzene rings is 4. The number of hydrogen-bond donors (Lipinski definition) is 0. The van der Waals surface area contributed by atoms with Crippen molar-refractivity contribution in [1.82, 2.24) is 20.4 Å². The smallest absolute Gasteiger partial charge is 0.104 e. The van der Waals surface area contributed by atoms with E-state index in [9.17, 15) is 0 Å². The summed E-state index contributed by atoms with van der Waals surface area (Å²) in [5, 5.41) is 21.4. The van der Waals surface area contributed by atoms with Crippen molar-refractivity contribution in [2.24, 2.45) is 0 Å². The second-order valence-electron chi connectivity index (χ2n) is 8.73. The average Bonchev–Trinajstić information content (AvgIpc) is 3.11. The van der Waals surface area contributed by atoms with Crippen molar-refractivity contribution in [2.75, 3.05) is 0 Å². The average molecular weight is 432 g/mol. The van der Waals surface area contributed by atoms with Crippen LogP contribution in [-0.4, -0.2) is 20.4 Å². The lowest BCUT2D eigenvalue weighted by Crippen LogP contribution is -2.00. The summed E-state index contributed by atoms with van der Waals surface area (Å²) >= 11 is 0. The monoisotopic (exact) mass is 432 g/mol. The number of aromatic nitrogens is 4. The number of rotatable bonds is 0.